The molecule has 0 saturated heterocycles. The molecule has 0 bridgehead atoms. The number of benzene rings is 1. The molecule has 2 aromatic heterocycles. The summed E-state index contributed by atoms with van der Waals surface area (Å²) in [6, 6.07) is 3.15. The Morgan fingerprint density at radius 2 is 1.97 bits per heavy atom. The molecule has 6 rings (SSSR count). The summed E-state index contributed by atoms with van der Waals surface area (Å²) in [4.78, 5) is 30.3. The molecule has 3 aliphatic rings. The number of halogens is 1. The molecule has 1 aromatic carbocycles. The van der Waals surface area contributed by atoms with Crippen LogP contribution in [0.25, 0.3) is 22.3 Å². The number of aryl methyl sites for hydroxylation is 2. The Kier molecular flexibility index (Phi) is 3.28. The average Bonchev–Trinajstić information content (AvgIpc) is 3.33. The van der Waals surface area contributed by atoms with Crippen molar-refractivity contribution in [1.82, 2.24) is 9.55 Å². The van der Waals surface area contributed by atoms with Crippen LogP contribution in [0.3, 0.4) is 0 Å². The number of hydrogen-bond donors (Lipinski definition) is 1. The molecule has 30 heavy (non-hydrogen) atoms. The molecule has 0 fully saturated rings. The van der Waals surface area contributed by atoms with Gasteiger partial charge in [-0.2, -0.15) is 0 Å². The third kappa shape index (κ3) is 1.94. The number of carbonyl (C=O) groups excluding carboxylic acids is 1. The van der Waals surface area contributed by atoms with E-state index in [1.165, 1.54) is 6.07 Å². The molecule has 152 valence electrons. The summed E-state index contributed by atoms with van der Waals surface area (Å²) in [5.41, 5.74) is 3.99. The van der Waals surface area contributed by atoms with Crippen LogP contribution in [0.15, 0.2) is 16.9 Å². The SMILES string of the molecule is CC[C@@]1(O)C(=O)OCc2c1cc1n(c2=O)Cc2c-1nc1cc(F)c(C)c3c1c2CC3. The van der Waals surface area contributed by atoms with E-state index in [0.29, 0.717) is 40.1 Å². The Bertz CT molecular complexity index is 1390. The number of ether oxygens (including phenoxy) is 1. The fourth-order valence-corrected chi connectivity index (χ4v) is 5.32. The number of carbonyl (C=O) groups is 1. The van der Waals surface area contributed by atoms with E-state index in [0.717, 1.165) is 34.9 Å². The van der Waals surface area contributed by atoms with E-state index in [4.69, 9.17) is 9.72 Å². The highest BCUT2D eigenvalue weighted by atomic mass is 19.1. The van der Waals surface area contributed by atoms with Crippen LogP contribution in [-0.4, -0.2) is 20.6 Å². The monoisotopic (exact) mass is 406 g/mol. The number of pyridine rings is 2. The van der Waals surface area contributed by atoms with Crippen LogP contribution in [0.2, 0.25) is 0 Å². The van der Waals surface area contributed by atoms with Crippen molar-refractivity contribution in [3.05, 3.63) is 61.7 Å². The molecule has 3 aromatic rings. The molecular formula is C23H19FN2O4. The van der Waals surface area contributed by atoms with Gasteiger partial charge in [0, 0.05) is 22.6 Å². The molecule has 1 N–H and O–H groups in total. The molecule has 0 radical (unpaired) electrons. The van der Waals surface area contributed by atoms with E-state index in [1.807, 2.05) is 0 Å². The second kappa shape index (κ2) is 5.55. The Hall–Kier alpha value is -3.06. The lowest BCUT2D eigenvalue weighted by Gasteiger charge is -2.31. The molecule has 1 atom stereocenters. The van der Waals surface area contributed by atoms with Gasteiger partial charge in [0.05, 0.1) is 29.0 Å². The highest BCUT2D eigenvalue weighted by Gasteiger charge is 2.45. The Labute approximate surface area is 170 Å². The Balaban J connectivity index is 1.68. The maximum absolute atomic E-state index is 14.5. The number of esters is 1. The first-order valence-corrected chi connectivity index (χ1v) is 10.2. The first kappa shape index (κ1) is 17.8. The quantitative estimate of drug-likeness (QED) is 0.492. The van der Waals surface area contributed by atoms with Gasteiger partial charge in [0.2, 0.25) is 0 Å². The van der Waals surface area contributed by atoms with Crippen molar-refractivity contribution in [2.24, 2.45) is 0 Å². The molecule has 2 aliphatic heterocycles. The van der Waals surface area contributed by atoms with E-state index < -0.39 is 11.6 Å². The first-order chi connectivity index (χ1) is 14.3. The van der Waals surface area contributed by atoms with Gasteiger partial charge in [-0.25, -0.2) is 14.2 Å². The third-order valence-electron chi connectivity index (χ3n) is 7.04. The summed E-state index contributed by atoms with van der Waals surface area (Å²) in [7, 11) is 0. The zero-order valence-corrected chi connectivity index (χ0v) is 16.6. The van der Waals surface area contributed by atoms with Crippen molar-refractivity contribution in [1.29, 1.82) is 0 Å². The zero-order valence-electron chi connectivity index (χ0n) is 16.6. The number of cyclic esters (lactones) is 1. The number of aliphatic hydroxyl groups is 1. The van der Waals surface area contributed by atoms with Crippen LogP contribution >= 0.6 is 0 Å². The topological polar surface area (TPSA) is 81.4 Å². The van der Waals surface area contributed by atoms with E-state index in [1.54, 1.807) is 24.5 Å². The van der Waals surface area contributed by atoms with Crippen molar-refractivity contribution < 1.29 is 19.0 Å². The number of aromatic nitrogens is 2. The Morgan fingerprint density at radius 3 is 2.73 bits per heavy atom. The minimum Gasteiger partial charge on any atom is -0.458 e. The van der Waals surface area contributed by atoms with Crippen LogP contribution in [0, 0.1) is 12.7 Å². The van der Waals surface area contributed by atoms with Crippen LogP contribution in [0.1, 0.15) is 46.7 Å². The fourth-order valence-electron chi connectivity index (χ4n) is 5.32. The van der Waals surface area contributed by atoms with Gasteiger partial charge >= 0.3 is 5.97 Å². The van der Waals surface area contributed by atoms with Gasteiger partial charge in [-0.15, -0.1) is 0 Å². The summed E-state index contributed by atoms with van der Waals surface area (Å²) >= 11 is 0. The minimum absolute atomic E-state index is 0.0961. The molecule has 0 saturated carbocycles. The fraction of sp³-hybridized carbons (Fsp3) is 0.348. The Morgan fingerprint density at radius 1 is 1.20 bits per heavy atom. The molecule has 0 spiro atoms. The van der Waals surface area contributed by atoms with Gasteiger partial charge in [0.1, 0.15) is 12.4 Å². The summed E-state index contributed by atoms with van der Waals surface area (Å²) in [6.45, 7) is 3.70. The molecule has 4 heterocycles. The number of fused-ring (bicyclic) bond motifs is 5. The van der Waals surface area contributed by atoms with Gasteiger partial charge < -0.3 is 14.4 Å². The molecule has 6 nitrogen and oxygen atoms in total. The van der Waals surface area contributed by atoms with Gasteiger partial charge in [-0.1, -0.05) is 6.92 Å². The highest BCUT2D eigenvalue weighted by Crippen LogP contribution is 2.43. The van der Waals surface area contributed by atoms with Crippen molar-refractivity contribution >= 4 is 16.9 Å². The lowest BCUT2D eigenvalue weighted by molar-refractivity contribution is -0.172. The zero-order chi connectivity index (χ0) is 20.9. The molecule has 1 aliphatic carbocycles. The number of hydrogen-bond acceptors (Lipinski definition) is 5. The van der Waals surface area contributed by atoms with Crippen LogP contribution in [0.5, 0.6) is 0 Å². The first-order valence-electron chi connectivity index (χ1n) is 10.2. The normalized spacial score (nSPS) is 20.9. The van der Waals surface area contributed by atoms with Gasteiger partial charge in [-0.05, 0) is 48.9 Å². The van der Waals surface area contributed by atoms with Crippen molar-refractivity contribution in [3.63, 3.8) is 0 Å². The molecule has 0 amide bonds. The lowest BCUT2D eigenvalue weighted by Crippen LogP contribution is -2.44. The smallest absolute Gasteiger partial charge is 0.343 e. The van der Waals surface area contributed by atoms with Crippen LogP contribution in [-0.2, 0) is 41.1 Å². The predicted molar refractivity (Wildman–Crippen MR) is 107 cm³/mol. The van der Waals surface area contributed by atoms with Gasteiger partial charge in [0.25, 0.3) is 5.56 Å². The average molecular weight is 406 g/mol. The van der Waals surface area contributed by atoms with E-state index in [9.17, 15) is 19.1 Å². The second-order valence-corrected chi connectivity index (χ2v) is 8.38. The van der Waals surface area contributed by atoms with Crippen molar-refractivity contribution in [2.75, 3.05) is 0 Å². The number of rotatable bonds is 1. The molecule has 7 heteroatoms. The van der Waals surface area contributed by atoms with E-state index >= 15 is 0 Å². The lowest BCUT2D eigenvalue weighted by atomic mass is 9.86. The second-order valence-electron chi connectivity index (χ2n) is 8.38. The number of nitrogens with zero attached hydrogens (tertiary/aromatic N) is 2. The van der Waals surface area contributed by atoms with Gasteiger partial charge in [-0.3, -0.25) is 4.79 Å². The third-order valence-corrected chi connectivity index (χ3v) is 7.04. The van der Waals surface area contributed by atoms with Crippen LogP contribution in [0.4, 0.5) is 4.39 Å². The minimum atomic E-state index is -1.85. The summed E-state index contributed by atoms with van der Waals surface area (Å²) in [5, 5.41) is 12.0. The summed E-state index contributed by atoms with van der Waals surface area (Å²) < 4.78 is 21.2. The maximum Gasteiger partial charge on any atom is 0.343 e. The predicted octanol–water partition coefficient (Wildman–Crippen LogP) is 2.63. The van der Waals surface area contributed by atoms with Crippen molar-refractivity contribution in [2.45, 2.75) is 51.9 Å². The van der Waals surface area contributed by atoms with Crippen LogP contribution < -0.4 is 5.56 Å². The largest absolute Gasteiger partial charge is 0.458 e. The molecule has 0 unspecified atom stereocenters. The maximum atomic E-state index is 14.5. The van der Waals surface area contributed by atoms with Crippen molar-refractivity contribution in [3.8, 4) is 11.4 Å². The molecular weight excluding hydrogens is 387 g/mol. The standard InChI is InChI=1S/C23H19FN2O4/c1-3-23(29)15-6-18-20-13(8-26(18)21(27)14(15)9-30-22(23)28)12-5-4-11-10(2)16(24)7-17(25-20)19(11)12/h6-7,29H,3-5,8-9H2,1-2H3/t23-/m0/s1. The highest BCUT2D eigenvalue weighted by molar-refractivity contribution is 5.93. The summed E-state index contributed by atoms with van der Waals surface area (Å²) in [5.74, 6) is -1.02. The van der Waals surface area contributed by atoms with E-state index in [-0.39, 0.29) is 24.4 Å². The van der Waals surface area contributed by atoms with E-state index in [2.05, 4.69) is 0 Å². The summed E-state index contributed by atoms with van der Waals surface area (Å²) in [6.07, 6.45) is 1.63. The van der Waals surface area contributed by atoms with Gasteiger partial charge in [0.15, 0.2) is 5.60 Å².